The summed E-state index contributed by atoms with van der Waals surface area (Å²) in [4.78, 5) is 20.1. The molecule has 0 atom stereocenters. The van der Waals surface area contributed by atoms with E-state index in [4.69, 9.17) is 5.26 Å². The summed E-state index contributed by atoms with van der Waals surface area (Å²) >= 11 is 0. The fraction of sp³-hybridized carbons (Fsp3) is 0. The molecule has 2 aromatic carbocycles. The van der Waals surface area contributed by atoms with Gasteiger partial charge in [0.1, 0.15) is 35.5 Å². The first-order valence-electron chi connectivity index (χ1n) is 7.41. The van der Waals surface area contributed by atoms with Crippen molar-refractivity contribution in [2.45, 2.75) is 0 Å². The molecule has 0 aliphatic carbocycles. The van der Waals surface area contributed by atoms with Crippen molar-refractivity contribution >= 4 is 23.1 Å². The predicted octanol–water partition coefficient (Wildman–Crippen LogP) is 3.62. The zero-order chi connectivity index (χ0) is 18.5. The Morgan fingerprint density at radius 1 is 1.04 bits per heavy atom. The Balaban J connectivity index is 1.80. The molecular formula is C18H11F2N5O. The van der Waals surface area contributed by atoms with Crippen LogP contribution in [0.15, 0.2) is 54.9 Å². The molecule has 3 rings (SSSR count). The Morgan fingerprint density at radius 3 is 2.62 bits per heavy atom. The normalized spacial score (nSPS) is 10.0. The van der Waals surface area contributed by atoms with E-state index in [0.29, 0.717) is 11.3 Å². The van der Waals surface area contributed by atoms with E-state index in [1.807, 2.05) is 6.07 Å². The Kier molecular flexibility index (Phi) is 4.80. The lowest BCUT2D eigenvalue weighted by Gasteiger charge is -2.09. The third-order valence-corrected chi connectivity index (χ3v) is 3.39. The van der Waals surface area contributed by atoms with Gasteiger partial charge in [0.05, 0.1) is 16.9 Å². The zero-order valence-electron chi connectivity index (χ0n) is 13.2. The number of nitrogens with zero attached hydrogens (tertiary/aromatic N) is 3. The smallest absolute Gasteiger partial charge is 0.274 e. The number of carbonyl (C=O) groups excluding carboxylic acids is 1. The first-order chi connectivity index (χ1) is 12.6. The van der Waals surface area contributed by atoms with Gasteiger partial charge < -0.3 is 10.6 Å². The van der Waals surface area contributed by atoms with Crippen molar-refractivity contribution in [1.82, 2.24) is 9.97 Å². The van der Waals surface area contributed by atoms with Crippen molar-refractivity contribution in [3.8, 4) is 6.07 Å². The van der Waals surface area contributed by atoms with Gasteiger partial charge in [0.15, 0.2) is 0 Å². The molecule has 0 radical (unpaired) electrons. The number of halogens is 2. The molecule has 6 nitrogen and oxygen atoms in total. The SMILES string of the molecule is N#Cc1ccccc1NC(=O)c1cc(Nc2ccc(F)cc2F)ncn1. The minimum Gasteiger partial charge on any atom is -0.338 e. The number of nitriles is 1. The molecule has 0 unspecified atom stereocenters. The van der Waals surface area contributed by atoms with E-state index in [1.165, 1.54) is 12.1 Å². The van der Waals surface area contributed by atoms with Gasteiger partial charge in [-0.05, 0) is 24.3 Å². The predicted molar refractivity (Wildman–Crippen MR) is 90.8 cm³/mol. The van der Waals surface area contributed by atoms with Crippen LogP contribution in [0.3, 0.4) is 0 Å². The van der Waals surface area contributed by atoms with Crippen LogP contribution >= 0.6 is 0 Å². The van der Waals surface area contributed by atoms with Gasteiger partial charge in [0.2, 0.25) is 0 Å². The van der Waals surface area contributed by atoms with Crippen LogP contribution in [0.2, 0.25) is 0 Å². The average Bonchev–Trinajstić information content (AvgIpc) is 2.65. The maximum Gasteiger partial charge on any atom is 0.274 e. The Hall–Kier alpha value is -3.86. The molecule has 0 fully saturated rings. The number of hydrogen-bond donors (Lipinski definition) is 2. The van der Waals surface area contributed by atoms with Gasteiger partial charge in [-0.25, -0.2) is 18.7 Å². The highest BCUT2D eigenvalue weighted by molar-refractivity contribution is 6.03. The minimum atomic E-state index is -0.794. The standard InChI is InChI=1S/C18H11F2N5O/c19-12-5-6-15(13(20)7-12)24-17-8-16(22-10-23-17)18(26)25-14-4-2-1-3-11(14)9-21/h1-8,10H,(H,25,26)(H,22,23,24). The van der Waals surface area contributed by atoms with Gasteiger partial charge in [-0.3, -0.25) is 4.79 Å². The fourth-order valence-electron chi connectivity index (χ4n) is 2.15. The molecular weight excluding hydrogens is 340 g/mol. The topological polar surface area (TPSA) is 90.7 Å². The van der Waals surface area contributed by atoms with E-state index >= 15 is 0 Å². The van der Waals surface area contributed by atoms with Crippen molar-refractivity contribution in [2.24, 2.45) is 0 Å². The van der Waals surface area contributed by atoms with Crippen LogP contribution in [0, 0.1) is 23.0 Å². The van der Waals surface area contributed by atoms with Crippen LogP contribution in [0.4, 0.5) is 26.0 Å². The highest BCUT2D eigenvalue weighted by Gasteiger charge is 2.12. The van der Waals surface area contributed by atoms with Crippen LogP contribution in [-0.4, -0.2) is 15.9 Å². The number of benzene rings is 2. The van der Waals surface area contributed by atoms with E-state index in [9.17, 15) is 13.6 Å². The minimum absolute atomic E-state index is 0.00582. The third-order valence-electron chi connectivity index (χ3n) is 3.39. The Bertz CT molecular complexity index is 1020. The fourth-order valence-corrected chi connectivity index (χ4v) is 2.15. The lowest BCUT2D eigenvalue weighted by atomic mass is 10.2. The van der Waals surface area contributed by atoms with E-state index in [2.05, 4.69) is 20.6 Å². The highest BCUT2D eigenvalue weighted by atomic mass is 19.1. The molecule has 0 saturated heterocycles. The first kappa shape index (κ1) is 17.0. The summed E-state index contributed by atoms with van der Waals surface area (Å²) in [5.41, 5.74) is 0.670. The van der Waals surface area contributed by atoms with E-state index in [1.54, 1.807) is 24.3 Å². The number of anilines is 3. The number of carbonyl (C=O) groups is 1. The van der Waals surface area contributed by atoms with Crippen LogP contribution < -0.4 is 10.6 Å². The summed E-state index contributed by atoms with van der Waals surface area (Å²) < 4.78 is 26.7. The molecule has 1 amide bonds. The summed E-state index contributed by atoms with van der Waals surface area (Å²) in [6.45, 7) is 0. The molecule has 2 N–H and O–H groups in total. The van der Waals surface area contributed by atoms with Gasteiger partial charge >= 0.3 is 0 Å². The van der Waals surface area contributed by atoms with Gasteiger partial charge in [-0.15, -0.1) is 0 Å². The molecule has 1 heterocycles. The van der Waals surface area contributed by atoms with Crippen molar-refractivity contribution < 1.29 is 13.6 Å². The largest absolute Gasteiger partial charge is 0.338 e. The van der Waals surface area contributed by atoms with Crippen LogP contribution in [0.5, 0.6) is 0 Å². The molecule has 0 spiro atoms. The van der Waals surface area contributed by atoms with E-state index in [0.717, 1.165) is 18.5 Å². The lowest BCUT2D eigenvalue weighted by Crippen LogP contribution is -2.15. The number of aromatic nitrogens is 2. The molecule has 3 aromatic rings. The van der Waals surface area contributed by atoms with E-state index < -0.39 is 17.5 Å². The molecule has 0 bridgehead atoms. The average molecular weight is 351 g/mol. The summed E-state index contributed by atoms with van der Waals surface area (Å²) in [7, 11) is 0. The van der Waals surface area contributed by atoms with Crippen molar-refractivity contribution in [3.63, 3.8) is 0 Å². The Labute approximate surface area is 147 Å². The quantitative estimate of drug-likeness (QED) is 0.749. The first-order valence-corrected chi connectivity index (χ1v) is 7.41. The lowest BCUT2D eigenvalue weighted by molar-refractivity contribution is 0.102. The van der Waals surface area contributed by atoms with Gasteiger partial charge in [-0.2, -0.15) is 5.26 Å². The Morgan fingerprint density at radius 2 is 1.85 bits per heavy atom. The van der Waals surface area contributed by atoms with Gasteiger partial charge in [0, 0.05) is 12.1 Å². The molecule has 26 heavy (non-hydrogen) atoms. The van der Waals surface area contributed by atoms with Gasteiger partial charge in [0.25, 0.3) is 5.91 Å². The second-order valence-corrected chi connectivity index (χ2v) is 5.15. The molecule has 0 aliphatic heterocycles. The summed E-state index contributed by atoms with van der Waals surface area (Å²) in [5, 5.41) is 14.3. The molecule has 1 aromatic heterocycles. The molecule has 0 saturated carbocycles. The zero-order valence-corrected chi connectivity index (χ0v) is 13.2. The van der Waals surface area contributed by atoms with Crippen LogP contribution in [0.25, 0.3) is 0 Å². The van der Waals surface area contributed by atoms with Gasteiger partial charge in [-0.1, -0.05) is 12.1 Å². The summed E-state index contributed by atoms with van der Waals surface area (Å²) in [5.74, 6) is -1.90. The number of amides is 1. The van der Waals surface area contributed by atoms with E-state index in [-0.39, 0.29) is 17.2 Å². The van der Waals surface area contributed by atoms with Crippen LogP contribution in [0.1, 0.15) is 16.1 Å². The van der Waals surface area contributed by atoms with Crippen LogP contribution in [-0.2, 0) is 0 Å². The van der Waals surface area contributed by atoms with Crippen molar-refractivity contribution in [3.05, 3.63) is 77.8 Å². The van der Waals surface area contributed by atoms with Crippen molar-refractivity contribution in [2.75, 3.05) is 10.6 Å². The molecule has 8 heteroatoms. The third kappa shape index (κ3) is 3.79. The maximum atomic E-state index is 13.7. The highest BCUT2D eigenvalue weighted by Crippen LogP contribution is 2.20. The second-order valence-electron chi connectivity index (χ2n) is 5.15. The molecule has 0 aliphatic rings. The number of rotatable bonds is 4. The monoisotopic (exact) mass is 351 g/mol. The maximum absolute atomic E-state index is 13.7. The van der Waals surface area contributed by atoms with Crippen molar-refractivity contribution in [1.29, 1.82) is 5.26 Å². The molecule has 128 valence electrons. The summed E-state index contributed by atoms with van der Waals surface area (Å²) in [6, 6.07) is 12.9. The summed E-state index contributed by atoms with van der Waals surface area (Å²) in [6.07, 6.45) is 1.13. The number of para-hydroxylation sites is 1. The number of nitrogens with one attached hydrogen (secondary N) is 2. The second kappa shape index (κ2) is 7.36. The number of hydrogen-bond acceptors (Lipinski definition) is 5.